The lowest BCUT2D eigenvalue weighted by Gasteiger charge is -2.22. The van der Waals surface area contributed by atoms with Crippen molar-refractivity contribution in [2.75, 3.05) is 4.90 Å². The number of amides is 1. The number of aromatic nitrogens is 1. The van der Waals surface area contributed by atoms with Crippen molar-refractivity contribution in [1.82, 2.24) is 4.98 Å². The van der Waals surface area contributed by atoms with Crippen LogP contribution in [0.25, 0.3) is 0 Å². The number of anilines is 1. The van der Waals surface area contributed by atoms with Gasteiger partial charge >= 0.3 is 6.09 Å². The van der Waals surface area contributed by atoms with E-state index in [1.54, 1.807) is 48.7 Å². The third-order valence-electron chi connectivity index (χ3n) is 4.87. The molecule has 31 heavy (non-hydrogen) atoms. The number of nitriles is 2. The summed E-state index contributed by atoms with van der Waals surface area (Å²) in [5.74, 6) is 0.588. The van der Waals surface area contributed by atoms with E-state index in [1.165, 1.54) is 4.90 Å². The zero-order chi connectivity index (χ0) is 22.4. The Labute approximate surface area is 180 Å². The van der Waals surface area contributed by atoms with Gasteiger partial charge in [0.2, 0.25) is 0 Å². The average molecular weight is 412 g/mol. The third kappa shape index (κ3) is 4.98. The number of pyridine rings is 1. The number of aryl methyl sites for hydroxylation is 1. The van der Waals surface area contributed by atoms with Crippen LogP contribution in [0.1, 0.15) is 33.5 Å². The standard InChI is InChI=1S/C24H20N4O3/c1-16-21(14-28(24(29)30)22-8-6-18(11-25)7-9-22)13-27-17(2)23(16)31-15-20-5-3-4-19(10-20)12-26/h3-10,13H,14-15H2,1-2H3,(H,29,30). The predicted octanol–water partition coefficient (Wildman–Crippen LogP) is 4.71. The molecule has 0 saturated carbocycles. The molecule has 0 spiro atoms. The molecule has 0 fully saturated rings. The summed E-state index contributed by atoms with van der Waals surface area (Å²) in [5, 5.41) is 27.7. The van der Waals surface area contributed by atoms with Crippen LogP contribution in [0.4, 0.5) is 10.5 Å². The highest BCUT2D eigenvalue weighted by Crippen LogP contribution is 2.28. The minimum Gasteiger partial charge on any atom is -0.487 e. The lowest BCUT2D eigenvalue weighted by molar-refractivity contribution is 0.201. The predicted molar refractivity (Wildman–Crippen MR) is 115 cm³/mol. The second-order valence-corrected chi connectivity index (χ2v) is 6.95. The van der Waals surface area contributed by atoms with Crippen molar-refractivity contribution >= 4 is 11.8 Å². The number of ether oxygens (including phenoxy) is 1. The molecular formula is C24H20N4O3. The van der Waals surface area contributed by atoms with Gasteiger partial charge in [-0.3, -0.25) is 9.88 Å². The number of rotatable bonds is 6. The molecule has 0 saturated heterocycles. The van der Waals surface area contributed by atoms with E-state index in [9.17, 15) is 9.90 Å². The molecule has 0 bridgehead atoms. The van der Waals surface area contributed by atoms with E-state index in [4.69, 9.17) is 15.3 Å². The van der Waals surface area contributed by atoms with Gasteiger partial charge in [-0.15, -0.1) is 0 Å². The smallest absolute Gasteiger partial charge is 0.412 e. The van der Waals surface area contributed by atoms with Gasteiger partial charge in [-0.1, -0.05) is 12.1 Å². The molecule has 0 aliphatic heterocycles. The van der Waals surface area contributed by atoms with E-state index < -0.39 is 6.09 Å². The van der Waals surface area contributed by atoms with Crippen LogP contribution in [-0.4, -0.2) is 16.2 Å². The van der Waals surface area contributed by atoms with Crippen LogP contribution in [0, 0.1) is 36.5 Å². The van der Waals surface area contributed by atoms with Crippen molar-refractivity contribution in [3.05, 3.63) is 88.2 Å². The topological polar surface area (TPSA) is 110 Å². The summed E-state index contributed by atoms with van der Waals surface area (Å²) < 4.78 is 6.00. The van der Waals surface area contributed by atoms with Gasteiger partial charge in [0.25, 0.3) is 0 Å². The van der Waals surface area contributed by atoms with Crippen molar-refractivity contribution in [2.45, 2.75) is 27.0 Å². The fourth-order valence-corrected chi connectivity index (χ4v) is 3.16. The van der Waals surface area contributed by atoms with E-state index in [0.29, 0.717) is 33.8 Å². The lowest BCUT2D eigenvalue weighted by Crippen LogP contribution is -2.29. The van der Waals surface area contributed by atoms with E-state index in [1.807, 2.05) is 26.0 Å². The van der Waals surface area contributed by atoms with Crippen LogP contribution in [0.5, 0.6) is 5.75 Å². The molecule has 0 unspecified atom stereocenters. The Balaban J connectivity index is 1.85. The molecule has 0 aliphatic rings. The van der Waals surface area contributed by atoms with Crippen LogP contribution in [0.3, 0.4) is 0 Å². The SMILES string of the molecule is Cc1ncc(CN(C(=O)O)c2ccc(C#N)cc2)c(C)c1OCc1cccc(C#N)c1. The molecule has 1 heterocycles. The molecule has 3 aromatic rings. The van der Waals surface area contributed by atoms with E-state index in [2.05, 4.69) is 11.1 Å². The Bertz CT molecular complexity index is 1190. The quantitative estimate of drug-likeness (QED) is 0.628. The molecule has 3 rings (SSSR count). The molecule has 1 amide bonds. The number of carbonyl (C=O) groups is 1. The van der Waals surface area contributed by atoms with Gasteiger partial charge in [0.15, 0.2) is 0 Å². The summed E-state index contributed by atoms with van der Waals surface area (Å²) in [7, 11) is 0. The van der Waals surface area contributed by atoms with Crippen LogP contribution in [0.2, 0.25) is 0 Å². The van der Waals surface area contributed by atoms with E-state index in [-0.39, 0.29) is 13.2 Å². The lowest BCUT2D eigenvalue weighted by atomic mass is 10.1. The summed E-state index contributed by atoms with van der Waals surface area (Å²) in [6.45, 7) is 4.04. The van der Waals surface area contributed by atoms with E-state index in [0.717, 1.165) is 11.1 Å². The molecule has 1 aromatic heterocycles. The van der Waals surface area contributed by atoms with Crippen LogP contribution in [-0.2, 0) is 13.2 Å². The highest BCUT2D eigenvalue weighted by molar-refractivity contribution is 5.86. The molecule has 7 nitrogen and oxygen atoms in total. The van der Waals surface area contributed by atoms with Gasteiger partial charge in [-0.05, 0) is 66.9 Å². The van der Waals surface area contributed by atoms with Crippen LogP contribution >= 0.6 is 0 Å². The van der Waals surface area contributed by atoms with Gasteiger partial charge in [-0.2, -0.15) is 10.5 Å². The Morgan fingerprint density at radius 1 is 1.10 bits per heavy atom. The maximum absolute atomic E-state index is 11.9. The molecule has 0 radical (unpaired) electrons. The number of hydrogen-bond acceptors (Lipinski definition) is 5. The first kappa shape index (κ1) is 21.4. The minimum atomic E-state index is -1.11. The van der Waals surface area contributed by atoms with Gasteiger partial charge in [0.05, 0.1) is 35.5 Å². The maximum Gasteiger partial charge on any atom is 0.412 e. The zero-order valence-electron chi connectivity index (χ0n) is 17.2. The first-order chi connectivity index (χ1) is 14.9. The van der Waals surface area contributed by atoms with Gasteiger partial charge < -0.3 is 9.84 Å². The number of nitrogens with zero attached hydrogens (tertiary/aromatic N) is 4. The Morgan fingerprint density at radius 3 is 2.45 bits per heavy atom. The fourth-order valence-electron chi connectivity index (χ4n) is 3.16. The Hall–Kier alpha value is -4.36. The summed E-state index contributed by atoms with van der Waals surface area (Å²) in [5.41, 5.74) is 4.52. The first-order valence-electron chi connectivity index (χ1n) is 9.50. The minimum absolute atomic E-state index is 0.0840. The van der Waals surface area contributed by atoms with E-state index >= 15 is 0 Å². The second kappa shape index (κ2) is 9.43. The number of benzene rings is 2. The van der Waals surface area contributed by atoms with Crippen molar-refractivity contribution in [1.29, 1.82) is 10.5 Å². The van der Waals surface area contributed by atoms with Gasteiger partial charge in [-0.25, -0.2) is 4.79 Å². The van der Waals surface area contributed by atoms with Gasteiger partial charge in [0.1, 0.15) is 12.4 Å². The van der Waals surface area contributed by atoms with Crippen molar-refractivity contribution in [2.24, 2.45) is 0 Å². The first-order valence-corrected chi connectivity index (χ1v) is 9.50. The average Bonchev–Trinajstić information content (AvgIpc) is 2.78. The molecule has 7 heteroatoms. The van der Waals surface area contributed by atoms with Crippen molar-refractivity contribution in [3.63, 3.8) is 0 Å². The molecule has 154 valence electrons. The van der Waals surface area contributed by atoms with Gasteiger partial charge in [0, 0.05) is 11.9 Å². The van der Waals surface area contributed by atoms with Crippen molar-refractivity contribution < 1.29 is 14.6 Å². The second-order valence-electron chi connectivity index (χ2n) is 6.95. The highest BCUT2D eigenvalue weighted by Gasteiger charge is 2.19. The molecule has 2 aromatic carbocycles. The largest absolute Gasteiger partial charge is 0.487 e. The summed E-state index contributed by atoms with van der Waals surface area (Å²) in [6, 6.07) is 17.6. The van der Waals surface area contributed by atoms with Crippen LogP contribution < -0.4 is 9.64 Å². The maximum atomic E-state index is 11.9. The molecular weight excluding hydrogens is 392 g/mol. The summed E-state index contributed by atoms with van der Waals surface area (Å²) in [4.78, 5) is 17.5. The number of hydrogen-bond donors (Lipinski definition) is 1. The zero-order valence-corrected chi connectivity index (χ0v) is 17.2. The van der Waals surface area contributed by atoms with Crippen LogP contribution in [0.15, 0.2) is 54.7 Å². The summed E-state index contributed by atoms with van der Waals surface area (Å²) in [6.07, 6.45) is 0.536. The number of carboxylic acid groups (broad SMARTS) is 1. The fraction of sp³-hybridized carbons (Fsp3) is 0.167. The molecule has 1 N–H and O–H groups in total. The monoisotopic (exact) mass is 412 g/mol. The van der Waals surface area contributed by atoms with Crippen molar-refractivity contribution in [3.8, 4) is 17.9 Å². The normalized spacial score (nSPS) is 10.1. The Morgan fingerprint density at radius 2 is 1.81 bits per heavy atom. The Kier molecular flexibility index (Phi) is 6.49. The highest BCUT2D eigenvalue weighted by atomic mass is 16.5. The molecule has 0 atom stereocenters. The third-order valence-corrected chi connectivity index (χ3v) is 4.87. The summed E-state index contributed by atoms with van der Waals surface area (Å²) >= 11 is 0. The molecule has 0 aliphatic carbocycles.